The predicted molar refractivity (Wildman–Crippen MR) is 48.1 cm³/mol. The molecule has 4 heteroatoms. The summed E-state index contributed by atoms with van der Waals surface area (Å²) < 4.78 is 4.75. The lowest BCUT2D eigenvalue weighted by atomic mass is 9.73. The number of nitrogens with two attached hydrogens (primary N) is 1. The average Bonchev–Trinajstić information content (AvgIpc) is 2.18. The predicted octanol–water partition coefficient (Wildman–Crippen LogP) is -0.417. The fraction of sp³-hybridized carbons (Fsp3) is 0.889. The fourth-order valence-corrected chi connectivity index (χ4v) is 2.53. The Hall–Kier alpha value is -0.610. The first-order valence-electron chi connectivity index (χ1n) is 4.76. The standard InChI is InChI=1S/C9H16N2O2/c1-13-8(12)9(10)6-11-4-2-7(9)3-5-11/h7H,2-6,10H2,1H3. The number of hydrogen-bond acceptors (Lipinski definition) is 4. The van der Waals surface area contributed by atoms with Crippen LogP contribution in [0.1, 0.15) is 12.8 Å². The molecule has 3 aliphatic rings. The SMILES string of the molecule is COC(=O)C1(N)CN2CCC1CC2. The van der Waals surface area contributed by atoms with Crippen molar-refractivity contribution in [2.45, 2.75) is 18.4 Å². The van der Waals surface area contributed by atoms with E-state index in [9.17, 15) is 4.79 Å². The number of esters is 1. The normalized spacial score (nSPS) is 43.2. The molecule has 1 unspecified atom stereocenters. The molecule has 13 heavy (non-hydrogen) atoms. The van der Waals surface area contributed by atoms with Crippen LogP contribution in [0.15, 0.2) is 0 Å². The van der Waals surface area contributed by atoms with Gasteiger partial charge in [-0.15, -0.1) is 0 Å². The molecule has 0 aromatic carbocycles. The lowest BCUT2D eigenvalue weighted by molar-refractivity contribution is -0.155. The Morgan fingerprint density at radius 3 is 2.54 bits per heavy atom. The minimum Gasteiger partial charge on any atom is -0.468 e. The van der Waals surface area contributed by atoms with Crippen LogP contribution in [0, 0.1) is 5.92 Å². The highest BCUT2D eigenvalue weighted by Crippen LogP contribution is 2.34. The van der Waals surface area contributed by atoms with Crippen molar-refractivity contribution in [3.63, 3.8) is 0 Å². The van der Waals surface area contributed by atoms with Gasteiger partial charge in [0.2, 0.25) is 0 Å². The van der Waals surface area contributed by atoms with Gasteiger partial charge in [-0.05, 0) is 31.8 Å². The van der Waals surface area contributed by atoms with Gasteiger partial charge in [0.05, 0.1) is 7.11 Å². The largest absolute Gasteiger partial charge is 0.468 e. The van der Waals surface area contributed by atoms with Crippen LogP contribution in [0.3, 0.4) is 0 Å². The van der Waals surface area contributed by atoms with Gasteiger partial charge in [0.25, 0.3) is 0 Å². The van der Waals surface area contributed by atoms with Crippen LogP contribution in [0.2, 0.25) is 0 Å². The zero-order valence-corrected chi connectivity index (χ0v) is 7.95. The summed E-state index contributed by atoms with van der Waals surface area (Å²) in [4.78, 5) is 13.8. The Bertz CT molecular complexity index is 224. The Balaban J connectivity index is 2.18. The molecule has 3 saturated heterocycles. The summed E-state index contributed by atoms with van der Waals surface area (Å²) in [6.45, 7) is 2.84. The van der Waals surface area contributed by atoms with Crippen LogP contribution >= 0.6 is 0 Å². The van der Waals surface area contributed by atoms with Gasteiger partial charge in [0.1, 0.15) is 5.54 Å². The molecule has 3 heterocycles. The van der Waals surface area contributed by atoms with Gasteiger partial charge in [-0.25, -0.2) is 0 Å². The monoisotopic (exact) mass is 184 g/mol. The number of methoxy groups -OCH3 is 1. The minimum atomic E-state index is -0.731. The molecule has 0 amide bonds. The van der Waals surface area contributed by atoms with E-state index in [1.807, 2.05) is 0 Å². The topological polar surface area (TPSA) is 55.6 Å². The van der Waals surface area contributed by atoms with E-state index in [2.05, 4.69) is 4.90 Å². The van der Waals surface area contributed by atoms with Gasteiger partial charge in [-0.1, -0.05) is 0 Å². The molecule has 0 radical (unpaired) electrons. The highest BCUT2D eigenvalue weighted by atomic mass is 16.5. The number of nitrogens with zero attached hydrogens (tertiary/aromatic N) is 1. The number of carbonyl (C=O) groups excluding carboxylic acids is 1. The molecule has 3 fully saturated rings. The third-order valence-electron chi connectivity index (χ3n) is 3.37. The number of rotatable bonds is 1. The molecule has 4 nitrogen and oxygen atoms in total. The third-order valence-corrected chi connectivity index (χ3v) is 3.37. The lowest BCUT2D eigenvalue weighted by Crippen LogP contribution is -2.68. The summed E-state index contributed by atoms with van der Waals surface area (Å²) in [6.07, 6.45) is 2.07. The van der Waals surface area contributed by atoms with Crippen molar-refractivity contribution in [1.29, 1.82) is 0 Å². The first-order valence-corrected chi connectivity index (χ1v) is 4.76. The maximum Gasteiger partial charge on any atom is 0.327 e. The van der Waals surface area contributed by atoms with Gasteiger partial charge < -0.3 is 15.4 Å². The summed E-state index contributed by atoms with van der Waals surface area (Å²) in [5, 5.41) is 0. The zero-order valence-electron chi connectivity index (χ0n) is 7.95. The summed E-state index contributed by atoms with van der Waals surface area (Å²) >= 11 is 0. The van der Waals surface area contributed by atoms with E-state index in [-0.39, 0.29) is 5.97 Å². The molecule has 0 aromatic heterocycles. The summed E-state index contributed by atoms with van der Waals surface area (Å²) in [5.74, 6) is 0.0758. The van der Waals surface area contributed by atoms with Crippen molar-refractivity contribution in [3.8, 4) is 0 Å². The number of fused-ring (bicyclic) bond motifs is 3. The Morgan fingerprint density at radius 2 is 2.15 bits per heavy atom. The maximum absolute atomic E-state index is 11.5. The van der Waals surface area contributed by atoms with Crippen molar-refractivity contribution < 1.29 is 9.53 Å². The molecule has 0 aromatic rings. The Morgan fingerprint density at radius 1 is 1.54 bits per heavy atom. The van der Waals surface area contributed by atoms with Crippen molar-refractivity contribution in [2.75, 3.05) is 26.7 Å². The zero-order chi connectivity index (χ0) is 9.47. The van der Waals surface area contributed by atoms with Crippen molar-refractivity contribution >= 4 is 5.97 Å². The average molecular weight is 184 g/mol. The number of piperidine rings is 3. The summed E-state index contributed by atoms with van der Waals surface area (Å²) in [7, 11) is 1.41. The fourth-order valence-electron chi connectivity index (χ4n) is 2.53. The van der Waals surface area contributed by atoms with E-state index in [0.717, 1.165) is 25.9 Å². The van der Waals surface area contributed by atoms with E-state index >= 15 is 0 Å². The van der Waals surface area contributed by atoms with E-state index in [1.165, 1.54) is 7.11 Å². The second kappa shape index (κ2) is 2.96. The van der Waals surface area contributed by atoms with Crippen LogP contribution in [0.5, 0.6) is 0 Å². The Kier molecular flexibility index (Phi) is 2.04. The van der Waals surface area contributed by atoms with Crippen molar-refractivity contribution in [2.24, 2.45) is 11.7 Å². The molecule has 3 rings (SSSR count). The molecule has 1 atom stereocenters. The quantitative estimate of drug-likeness (QED) is 0.562. The van der Waals surface area contributed by atoms with E-state index in [1.54, 1.807) is 0 Å². The number of carbonyl (C=O) groups is 1. The third kappa shape index (κ3) is 1.25. The van der Waals surface area contributed by atoms with Crippen LogP contribution < -0.4 is 5.73 Å². The highest BCUT2D eigenvalue weighted by molar-refractivity contribution is 5.81. The maximum atomic E-state index is 11.5. The van der Waals surface area contributed by atoms with Crippen molar-refractivity contribution in [3.05, 3.63) is 0 Å². The van der Waals surface area contributed by atoms with E-state index < -0.39 is 5.54 Å². The molecule has 0 spiro atoms. The Labute approximate surface area is 78.0 Å². The van der Waals surface area contributed by atoms with Crippen LogP contribution in [-0.2, 0) is 9.53 Å². The van der Waals surface area contributed by atoms with Crippen LogP contribution in [0.4, 0.5) is 0 Å². The first-order chi connectivity index (χ1) is 6.16. The lowest BCUT2D eigenvalue weighted by Gasteiger charge is -2.49. The molecular formula is C9H16N2O2. The van der Waals surface area contributed by atoms with Gasteiger partial charge in [0, 0.05) is 6.54 Å². The molecule has 0 aliphatic carbocycles. The smallest absolute Gasteiger partial charge is 0.327 e. The van der Waals surface area contributed by atoms with Crippen molar-refractivity contribution in [1.82, 2.24) is 4.90 Å². The summed E-state index contributed by atoms with van der Waals surface area (Å²) in [5.41, 5.74) is 5.35. The minimum absolute atomic E-state index is 0.248. The second-order valence-corrected chi connectivity index (χ2v) is 4.08. The van der Waals surface area contributed by atoms with Gasteiger partial charge in [0.15, 0.2) is 0 Å². The summed E-state index contributed by atoms with van der Waals surface area (Å²) in [6, 6.07) is 0. The van der Waals surface area contributed by atoms with Gasteiger partial charge in [-0.2, -0.15) is 0 Å². The number of hydrogen-bond donors (Lipinski definition) is 1. The van der Waals surface area contributed by atoms with Crippen LogP contribution in [0.25, 0.3) is 0 Å². The molecular weight excluding hydrogens is 168 g/mol. The molecule has 2 N–H and O–H groups in total. The van der Waals surface area contributed by atoms with E-state index in [0.29, 0.717) is 12.5 Å². The molecule has 2 bridgehead atoms. The first kappa shape index (κ1) is 8.97. The molecule has 74 valence electrons. The highest BCUT2D eigenvalue weighted by Gasteiger charge is 2.49. The van der Waals surface area contributed by atoms with Crippen LogP contribution in [-0.4, -0.2) is 43.2 Å². The number of ether oxygens (including phenoxy) is 1. The van der Waals surface area contributed by atoms with Gasteiger partial charge >= 0.3 is 5.97 Å². The van der Waals surface area contributed by atoms with E-state index in [4.69, 9.17) is 10.5 Å². The molecule has 0 saturated carbocycles. The second-order valence-electron chi connectivity index (χ2n) is 4.08. The van der Waals surface area contributed by atoms with Gasteiger partial charge in [-0.3, -0.25) is 4.79 Å². The molecule has 3 aliphatic heterocycles.